The molecule has 3 aromatic rings. The Bertz CT molecular complexity index is 877. The lowest BCUT2D eigenvalue weighted by atomic mass is 10.2. The summed E-state index contributed by atoms with van der Waals surface area (Å²) < 4.78 is 5.76. The second-order valence-corrected chi connectivity index (χ2v) is 6.85. The predicted molar refractivity (Wildman–Crippen MR) is 97.6 cm³/mol. The van der Waals surface area contributed by atoms with E-state index in [9.17, 15) is 0 Å². The number of aromatic nitrogens is 3. The summed E-state index contributed by atoms with van der Waals surface area (Å²) in [6.07, 6.45) is 1.39. The topological polar surface area (TPSA) is 86.0 Å². The molecule has 124 valence electrons. The Morgan fingerprint density at radius 3 is 2.67 bits per heavy atom. The normalized spacial score (nSPS) is 10.7. The maximum Gasteiger partial charge on any atom is 0.248 e. The van der Waals surface area contributed by atoms with Crippen molar-refractivity contribution in [1.29, 1.82) is 0 Å². The quantitative estimate of drug-likeness (QED) is 0.704. The van der Waals surface area contributed by atoms with Crippen molar-refractivity contribution in [3.8, 4) is 11.6 Å². The third-order valence-electron chi connectivity index (χ3n) is 3.45. The fraction of sp³-hybridized carbons (Fsp3) is 0.188. The average Bonchev–Trinajstić information content (AvgIpc) is 2.85. The summed E-state index contributed by atoms with van der Waals surface area (Å²) in [6, 6.07) is 5.35. The molecule has 0 bridgehead atoms. The number of nitrogens with one attached hydrogen (secondary N) is 1. The lowest BCUT2D eigenvalue weighted by Crippen LogP contribution is -2.03. The number of nitrogen functional groups attached to an aromatic ring is 1. The molecule has 8 heteroatoms. The van der Waals surface area contributed by atoms with E-state index in [-0.39, 0.29) is 5.88 Å². The predicted octanol–water partition coefficient (Wildman–Crippen LogP) is 4.63. The largest absolute Gasteiger partial charge is 0.437 e. The van der Waals surface area contributed by atoms with E-state index >= 15 is 0 Å². The first-order valence-electron chi connectivity index (χ1n) is 7.19. The molecule has 2 aromatic heterocycles. The van der Waals surface area contributed by atoms with Gasteiger partial charge in [-0.3, -0.25) is 0 Å². The maximum absolute atomic E-state index is 6.13. The zero-order valence-corrected chi connectivity index (χ0v) is 15.0. The number of hydrogen-bond acceptors (Lipinski definition) is 7. The van der Waals surface area contributed by atoms with E-state index in [0.29, 0.717) is 22.3 Å². The summed E-state index contributed by atoms with van der Waals surface area (Å²) >= 11 is 7.56. The molecule has 0 aliphatic heterocycles. The van der Waals surface area contributed by atoms with E-state index in [1.54, 1.807) is 12.1 Å². The second kappa shape index (κ2) is 6.62. The number of ether oxygens (including phenoxy) is 1. The van der Waals surface area contributed by atoms with Crippen molar-refractivity contribution >= 4 is 39.6 Å². The second-order valence-electron chi connectivity index (χ2n) is 5.24. The zero-order valence-electron chi connectivity index (χ0n) is 13.4. The standard InChI is InChI=1S/C16H16ClN5OS/c1-8-6-11(4-5-12(8)17)23-15-13(18)14(19-7-20-15)22-16-21-9(2)10(3)24-16/h4-7H,18H2,1-3H3,(H,19,20,21,22). The molecule has 0 amide bonds. The molecule has 0 spiro atoms. The van der Waals surface area contributed by atoms with E-state index in [0.717, 1.165) is 21.3 Å². The molecule has 0 aliphatic carbocycles. The van der Waals surface area contributed by atoms with E-state index in [1.165, 1.54) is 17.7 Å². The lowest BCUT2D eigenvalue weighted by Gasteiger charge is -2.11. The van der Waals surface area contributed by atoms with Crippen LogP contribution in [0.4, 0.5) is 16.6 Å². The van der Waals surface area contributed by atoms with Crippen LogP contribution in [0.15, 0.2) is 24.5 Å². The van der Waals surface area contributed by atoms with Crippen LogP contribution in [0.3, 0.4) is 0 Å². The van der Waals surface area contributed by atoms with Crippen LogP contribution in [0.1, 0.15) is 16.1 Å². The summed E-state index contributed by atoms with van der Waals surface area (Å²) in [5.41, 5.74) is 8.33. The number of aryl methyl sites for hydroxylation is 3. The average molecular weight is 362 g/mol. The van der Waals surface area contributed by atoms with Crippen molar-refractivity contribution in [2.24, 2.45) is 0 Å². The summed E-state index contributed by atoms with van der Waals surface area (Å²) in [5, 5.41) is 4.51. The number of hydrogen-bond donors (Lipinski definition) is 2. The Labute approximate surface area is 148 Å². The van der Waals surface area contributed by atoms with Gasteiger partial charge in [-0.05, 0) is 44.5 Å². The fourth-order valence-electron chi connectivity index (χ4n) is 1.98. The molecule has 2 heterocycles. The molecule has 0 aliphatic rings. The van der Waals surface area contributed by atoms with Crippen molar-refractivity contribution in [2.45, 2.75) is 20.8 Å². The van der Waals surface area contributed by atoms with E-state index in [4.69, 9.17) is 22.1 Å². The SMILES string of the molecule is Cc1cc(Oc2ncnc(Nc3nc(C)c(C)s3)c2N)ccc1Cl. The van der Waals surface area contributed by atoms with Gasteiger partial charge >= 0.3 is 0 Å². The van der Waals surface area contributed by atoms with Gasteiger partial charge in [0.1, 0.15) is 17.8 Å². The van der Waals surface area contributed by atoms with Crippen LogP contribution in [0.2, 0.25) is 5.02 Å². The van der Waals surface area contributed by atoms with Crippen LogP contribution < -0.4 is 15.8 Å². The van der Waals surface area contributed by atoms with Crippen molar-refractivity contribution in [2.75, 3.05) is 11.1 Å². The molecule has 1 aromatic carbocycles. The highest BCUT2D eigenvalue weighted by molar-refractivity contribution is 7.15. The summed E-state index contributed by atoms with van der Waals surface area (Å²) in [6.45, 7) is 5.87. The molecule has 0 atom stereocenters. The molecule has 0 radical (unpaired) electrons. The van der Waals surface area contributed by atoms with Crippen LogP contribution in [-0.4, -0.2) is 15.0 Å². The highest BCUT2D eigenvalue weighted by Crippen LogP contribution is 2.33. The minimum absolute atomic E-state index is 0.277. The van der Waals surface area contributed by atoms with Gasteiger partial charge in [-0.15, -0.1) is 11.3 Å². The molecule has 24 heavy (non-hydrogen) atoms. The smallest absolute Gasteiger partial charge is 0.248 e. The highest BCUT2D eigenvalue weighted by Gasteiger charge is 2.13. The molecule has 3 rings (SSSR count). The third kappa shape index (κ3) is 3.42. The Kier molecular flexibility index (Phi) is 4.55. The van der Waals surface area contributed by atoms with Crippen LogP contribution in [0.5, 0.6) is 11.6 Å². The fourth-order valence-corrected chi connectivity index (χ4v) is 2.91. The molecule has 3 N–H and O–H groups in total. The van der Waals surface area contributed by atoms with Gasteiger partial charge in [-0.2, -0.15) is 4.98 Å². The van der Waals surface area contributed by atoms with Crippen molar-refractivity contribution in [1.82, 2.24) is 15.0 Å². The molecule has 0 saturated carbocycles. The number of rotatable bonds is 4. The summed E-state index contributed by atoms with van der Waals surface area (Å²) in [5.74, 6) is 1.34. The van der Waals surface area contributed by atoms with Gasteiger partial charge in [0.25, 0.3) is 0 Å². The minimum atomic E-state index is 0.277. The summed E-state index contributed by atoms with van der Waals surface area (Å²) in [7, 11) is 0. The Hall–Kier alpha value is -2.38. The van der Waals surface area contributed by atoms with Gasteiger partial charge < -0.3 is 15.8 Å². The van der Waals surface area contributed by atoms with Crippen molar-refractivity contribution < 1.29 is 4.74 Å². The highest BCUT2D eigenvalue weighted by atomic mass is 35.5. The number of benzene rings is 1. The Morgan fingerprint density at radius 2 is 2.00 bits per heavy atom. The van der Waals surface area contributed by atoms with Gasteiger partial charge in [-0.25, -0.2) is 9.97 Å². The zero-order chi connectivity index (χ0) is 17.3. The third-order valence-corrected chi connectivity index (χ3v) is 4.86. The van der Waals surface area contributed by atoms with Gasteiger partial charge in [0, 0.05) is 9.90 Å². The summed E-state index contributed by atoms with van der Waals surface area (Å²) in [4.78, 5) is 13.8. The first kappa shape index (κ1) is 16.5. The first-order chi connectivity index (χ1) is 11.4. The number of nitrogens with two attached hydrogens (primary N) is 1. The maximum atomic E-state index is 6.13. The monoisotopic (exact) mass is 361 g/mol. The van der Waals surface area contributed by atoms with Gasteiger partial charge in [0.05, 0.1) is 5.69 Å². The van der Waals surface area contributed by atoms with Crippen LogP contribution in [-0.2, 0) is 0 Å². The van der Waals surface area contributed by atoms with Crippen molar-refractivity contribution in [3.05, 3.63) is 45.7 Å². The van der Waals surface area contributed by atoms with Crippen molar-refractivity contribution in [3.63, 3.8) is 0 Å². The van der Waals surface area contributed by atoms with Crippen LogP contribution in [0, 0.1) is 20.8 Å². The van der Waals surface area contributed by atoms with Crippen LogP contribution >= 0.6 is 22.9 Å². The molecule has 6 nitrogen and oxygen atoms in total. The Balaban J connectivity index is 1.86. The number of thiazole rings is 1. The van der Waals surface area contributed by atoms with E-state index in [1.807, 2.05) is 26.8 Å². The first-order valence-corrected chi connectivity index (χ1v) is 8.39. The number of anilines is 3. The van der Waals surface area contributed by atoms with Crippen LogP contribution in [0.25, 0.3) is 0 Å². The van der Waals surface area contributed by atoms with E-state index in [2.05, 4.69) is 20.3 Å². The van der Waals surface area contributed by atoms with Gasteiger partial charge in [0.15, 0.2) is 10.9 Å². The number of nitrogens with zero attached hydrogens (tertiary/aromatic N) is 3. The number of halogens is 1. The lowest BCUT2D eigenvalue weighted by molar-refractivity contribution is 0.464. The molecular formula is C16H16ClN5OS. The van der Waals surface area contributed by atoms with E-state index < -0.39 is 0 Å². The molecule has 0 fully saturated rings. The molecule has 0 saturated heterocycles. The molecule has 0 unspecified atom stereocenters. The molecular weight excluding hydrogens is 346 g/mol. The van der Waals surface area contributed by atoms with Gasteiger partial charge in [-0.1, -0.05) is 11.6 Å². The minimum Gasteiger partial charge on any atom is -0.437 e. The Morgan fingerprint density at radius 1 is 1.21 bits per heavy atom. The van der Waals surface area contributed by atoms with Gasteiger partial charge in [0.2, 0.25) is 5.88 Å².